The van der Waals surface area contributed by atoms with Crippen molar-refractivity contribution in [3.63, 3.8) is 0 Å². The molecule has 0 saturated carbocycles. The van der Waals surface area contributed by atoms with Crippen LogP contribution < -0.4 is 5.46 Å². The highest BCUT2D eigenvalue weighted by atomic mass is 16.3. The molecule has 1 rings (SSSR count). The van der Waals surface area contributed by atoms with Gasteiger partial charge in [0.05, 0.1) is 5.56 Å². The van der Waals surface area contributed by atoms with Crippen molar-refractivity contribution < 1.29 is 9.90 Å². The van der Waals surface area contributed by atoms with Crippen LogP contribution in [0.25, 0.3) is 0 Å². The summed E-state index contributed by atoms with van der Waals surface area (Å²) in [4.78, 5) is 10.9. The van der Waals surface area contributed by atoms with Crippen LogP contribution in [-0.4, -0.2) is 18.7 Å². The molecule has 0 aliphatic rings. The van der Waals surface area contributed by atoms with E-state index in [-0.39, 0.29) is 11.5 Å². The molecule has 0 amide bonds. The fourth-order valence-corrected chi connectivity index (χ4v) is 0.932. The first kappa shape index (κ1) is 7.86. The summed E-state index contributed by atoms with van der Waals surface area (Å²) in [7, 11) is 1.88. The van der Waals surface area contributed by atoms with Gasteiger partial charge in [-0.2, -0.15) is 0 Å². The van der Waals surface area contributed by atoms with Crippen LogP contribution in [0.4, 0.5) is 0 Å². The van der Waals surface area contributed by atoms with Gasteiger partial charge in [-0.1, -0.05) is 17.6 Å². The molecule has 0 atom stereocenters. The summed E-state index contributed by atoms with van der Waals surface area (Å²) in [6, 6.07) is 4.98. The SMILES string of the molecule is Bc1ccc(O)c(C(C)=O)c1. The monoisotopic (exact) mass is 148 g/mol. The molecule has 1 aromatic rings. The Hall–Kier alpha value is -1.25. The van der Waals surface area contributed by atoms with Gasteiger partial charge in [-0.3, -0.25) is 4.79 Å². The van der Waals surface area contributed by atoms with E-state index in [1.54, 1.807) is 12.1 Å². The van der Waals surface area contributed by atoms with Gasteiger partial charge in [0.1, 0.15) is 13.6 Å². The lowest BCUT2D eigenvalue weighted by atomic mass is 9.93. The highest BCUT2D eigenvalue weighted by Gasteiger charge is 2.04. The first-order chi connectivity index (χ1) is 5.11. The Balaban J connectivity index is 3.23. The summed E-state index contributed by atoms with van der Waals surface area (Å²) in [5, 5.41) is 9.18. The minimum atomic E-state index is -0.105. The van der Waals surface area contributed by atoms with Crippen molar-refractivity contribution in [3.8, 4) is 5.75 Å². The highest BCUT2D eigenvalue weighted by Crippen LogP contribution is 2.13. The van der Waals surface area contributed by atoms with E-state index in [0.717, 1.165) is 5.46 Å². The number of phenols is 1. The molecule has 11 heavy (non-hydrogen) atoms. The number of Topliss-reactive ketones (excluding diaryl/α,β-unsaturated/α-hetero) is 1. The molecule has 0 bridgehead atoms. The van der Waals surface area contributed by atoms with Gasteiger partial charge in [0, 0.05) is 0 Å². The molecule has 0 aliphatic heterocycles. The second-order valence-corrected chi connectivity index (χ2v) is 2.58. The van der Waals surface area contributed by atoms with Crippen molar-refractivity contribution in [1.82, 2.24) is 0 Å². The van der Waals surface area contributed by atoms with Gasteiger partial charge in [-0.15, -0.1) is 0 Å². The van der Waals surface area contributed by atoms with Crippen LogP contribution in [0, 0.1) is 0 Å². The van der Waals surface area contributed by atoms with E-state index in [0.29, 0.717) is 5.56 Å². The molecule has 0 aliphatic carbocycles. The van der Waals surface area contributed by atoms with Crippen molar-refractivity contribution in [1.29, 1.82) is 0 Å². The minimum Gasteiger partial charge on any atom is -0.507 e. The summed E-state index contributed by atoms with van der Waals surface area (Å²) in [5.41, 5.74) is 1.37. The number of rotatable bonds is 1. The van der Waals surface area contributed by atoms with E-state index in [1.807, 2.05) is 7.85 Å². The fourth-order valence-electron chi connectivity index (χ4n) is 0.932. The second-order valence-electron chi connectivity index (χ2n) is 2.58. The zero-order valence-electron chi connectivity index (χ0n) is 6.59. The molecule has 2 nitrogen and oxygen atoms in total. The maximum absolute atomic E-state index is 10.9. The lowest BCUT2D eigenvalue weighted by molar-refractivity contribution is 0.101. The molecule has 0 fully saturated rings. The van der Waals surface area contributed by atoms with Gasteiger partial charge in [-0.25, -0.2) is 0 Å². The molecular formula is C8H9BO2. The van der Waals surface area contributed by atoms with Crippen LogP contribution in [0.3, 0.4) is 0 Å². The van der Waals surface area contributed by atoms with E-state index >= 15 is 0 Å². The largest absolute Gasteiger partial charge is 0.507 e. The number of benzene rings is 1. The number of phenolic OH excluding ortho intramolecular Hbond substituents is 1. The van der Waals surface area contributed by atoms with Crippen LogP contribution in [0.2, 0.25) is 0 Å². The molecule has 0 aromatic heterocycles. The van der Waals surface area contributed by atoms with E-state index in [4.69, 9.17) is 0 Å². The number of aromatic hydroxyl groups is 1. The molecule has 0 heterocycles. The van der Waals surface area contributed by atoms with Gasteiger partial charge >= 0.3 is 0 Å². The normalized spacial score (nSPS) is 9.55. The molecular weight excluding hydrogens is 139 g/mol. The van der Waals surface area contributed by atoms with E-state index in [9.17, 15) is 9.90 Å². The smallest absolute Gasteiger partial charge is 0.163 e. The van der Waals surface area contributed by atoms with Crippen molar-refractivity contribution in [3.05, 3.63) is 23.8 Å². The number of hydrogen-bond donors (Lipinski definition) is 1. The Kier molecular flexibility index (Phi) is 1.99. The third kappa shape index (κ3) is 1.61. The second kappa shape index (κ2) is 2.78. The van der Waals surface area contributed by atoms with Gasteiger partial charge in [0.25, 0.3) is 0 Å². The summed E-state index contributed by atoms with van der Waals surface area (Å²) in [5.74, 6) is -0.0469. The third-order valence-corrected chi connectivity index (χ3v) is 1.53. The zero-order valence-corrected chi connectivity index (χ0v) is 6.59. The third-order valence-electron chi connectivity index (χ3n) is 1.53. The predicted octanol–water partition coefficient (Wildman–Crippen LogP) is -0.147. The van der Waals surface area contributed by atoms with Crippen LogP contribution in [-0.2, 0) is 0 Å². The quantitative estimate of drug-likeness (QED) is 0.444. The average Bonchev–Trinajstić information content (AvgIpc) is 1.94. The lowest BCUT2D eigenvalue weighted by Crippen LogP contribution is -2.05. The first-order valence-corrected chi connectivity index (χ1v) is 3.42. The Labute approximate surface area is 66.3 Å². The molecule has 0 unspecified atom stereocenters. The molecule has 3 heteroatoms. The standard InChI is InChI=1S/C8H9BO2/c1-5(10)7-4-6(9)2-3-8(7)11/h2-4,11H,9H2,1H3. The Morgan fingerprint density at radius 2 is 2.18 bits per heavy atom. The highest BCUT2D eigenvalue weighted by molar-refractivity contribution is 6.32. The number of carbonyl (C=O) groups excluding carboxylic acids is 1. The van der Waals surface area contributed by atoms with E-state index in [2.05, 4.69) is 0 Å². The summed E-state index contributed by atoms with van der Waals surface area (Å²) >= 11 is 0. The van der Waals surface area contributed by atoms with Gasteiger partial charge < -0.3 is 5.11 Å². The molecule has 0 radical (unpaired) electrons. The predicted molar refractivity (Wildman–Crippen MR) is 46.3 cm³/mol. The molecule has 1 N–H and O–H groups in total. The van der Waals surface area contributed by atoms with Crippen LogP contribution in [0.15, 0.2) is 18.2 Å². The number of hydrogen-bond acceptors (Lipinski definition) is 2. The Bertz CT molecular complexity index is 294. The molecule has 0 spiro atoms. The molecule has 1 aromatic carbocycles. The van der Waals surface area contributed by atoms with Crippen molar-refractivity contribution in [2.75, 3.05) is 0 Å². The lowest BCUT2D eigenvalue weighted by Gasteiger charge is -2.00. The van der Waals surface area contributed by atoms with Crippen molar-refractivity contribution in [2.24, 2.45) is 0 Å². The van der Waals surface area contributed by atoms with Crippen LogP contribution in [0.1, 0.15) is 17.3 Å². The van der Waals surface area contributed by atoms with E-state index in [1.165, 1.54) is 13.0 Å². The summed E-state index contributed by atoms with van der Waals surface area (Å²) in [6.45, 7) is 1.44. The summed E-state index contributed by atoms with van der Waals surface area (Å²) < 4.78 is 0. The number of ketones is 1. The maximum Gasteiger partial charge on any atom is 0.163 e. The zero-order chi connectivity index (χ0) is 8.43. The van der Waals surface area contributed by atoms with Gasteiger partial charge in [0.2, 0.25) is 0 Å². The van der Waals surface area contributed by atoms with Gasteiger partial charge in [0.15, 0.2) is 5.78 Å². The molecule has 0 saturated heterocycles. The average molecular weight is 148 g/mol. The Morgan fingerprint density at radius 3 is 2.64 bits per heavy atom. The van der Waals surface area contributed by atoms with Crippen molar-refractivity contribution in [2.45, 2.75) is 6.92 Å². The topological polar surface area (TPSA) is 37.3 Å². The Morgan fingerprint density at radius 1 is 1.55 bits per heavy atom. The minimum absolute atomic E-state index is 0.0584. The maximum atomic E-state index is 10.9. The van der Waals surface area contributed by atoms with E-state index < -0.39 is 0 Å². The van der Waals surface area contributed by atoms with Gasteiger partial charge in [-0.05, 0) is 13.0 Å². The van der Waals surface area contributed by atoms with Crippen LogP contribution >= 0.6 is 0 Å². The molecule has 56 valence electrons. The van der Waals surface area contributed by atoms with Crippen LogP contribution in [0.5, 0.6) is 5.75 Å². The number of carbonyl (C=O) groups is 1. The first-order valence-electron chi connectivity index (χ1n) is 3.42. The van der Waals surface area contributed by atoms with Crippen molar-refractivity contribution >= 4 is 19.1 Å². The summed E-state index contributed by atoms with van der Waals surface area (Å²) in [6.07, 6.45) is 0. The fraction of sp³-hybridized carbons (Fsp3) is 0.125.